The van der Waals surface area contributed by atoms with Crippen molar-refractivity contribution in [1.82, 2.24) is 9.80 Å². The molecule has 148 valence electrons. The predicted molar refractivity (Wildman–Crippen MR) is 114 cm³/mol. The van der Waals surface area contributed by atoms with E-state index < -0.39 is 0 Å². The van der Waals surface area contributed by atoms with Gasteiger partial charge in [-0.05, 0) is 30.0 Å². The van der Waals surface area contributed by atoms with Crippen molar-refractivity contribution in [2.45, 2.75) is 19.4 Å². The van der Waals surface area contributed by atoms with Crippen LogP contribution in [0.4, 0.5) is 5.69 Å². The Morgan fingerprint density at radius 2 is 1.69 bits per heavy atom. The van der Waals surface area contributed by atoms with Gasteiger partial charge < -0.3 is 9.80 Å². The van der Waals surface area contributed by atoms with E-state index in [1.807, 2.05) is 24.3 Å². The van der Waals surface area contributed by atoms with Gasteiger partial charge >= 0.3 is 0 Å². The summed E-state index contributed by atoms with van der Waals surface area (Å²) in [6, 6.07) is 20.6. The lowest BCUT2D eigenvalue weighted by atomic mass is 10.0. The molecule has 5 heteroatoms. The summed E-state index contributed by atoms with van der Waals surface area (Å²) >= 11 is 0. The second-order valence-corrected chi connectivity index (χ2v) is 7.64. The van der Waals surface area contributed by atoms with Crippen molar-refractivity contribution in [3.05, 3.63) is 77.5 Å². The summed E-state index contributed by atoms with van der Waals surface area (Å²) in [5, 5.41) is 9.65. The number of piperazine rings is 1. The Kier molecular flexibility index (Phi) is 5.92. The molecule has 2 aromatic rings. The van der Waals surface area contributed by atoms with Crippen LogP contribution in [0.3, 0.4) is 0 Å². The highest BCUT2D eigenvalue weighted by molar-refractivity contribution is 6.08. The number of carbonyl (C=O) groups excluding carboxylic acids is 1. The van der Waals surface area contributed by atoms with Gasteiger partial charge in [0.15, 0.2) is 0 Å². The van der Waals surface area contributed by atoms with E-state index in [0.29, 0.717) is 6.54 Å². The van der Waals surface area contributed by atoms with Gasteiger partial charge in [0.1, 0.15) is 11.6 Å². The van der Waals surface area contributed by atoms with Gasteiger partial charge in [-0.1, -0.05) is 48.5 Å². The minimum Gasteiger partial charge on any atom is -0.374 e. The maximum absolute atomic E-state index is 13.1. The summed E-state index contributed by atoms with van der Waals surface area (Å²) in [6.07, 6.45) is 3.67. The maximum atomic E-state index is 13.1. The number of nitriles is 1. The number of benzene rings is 2. The Morgan fingerprint density at radius 3 is 2.45 bits per heavy atom. The molecule has 0 aliphatic carbocycles. The van der Waals surface area contributed by atoms with E-state index in [2.05, 4.69) is 46.2 Å². The lowest BCUT2D eigenvalue weighted by Gasteiger charge is -2.34. The number of amides is 1. The summed E-state index contributed by atoms with van der Waals surface area (Å²) in [5.41, 5.74) is 3.66. The Bertz CT molecular complexity index is 923. The monoisotopic (exact) mass is 386 g/mol. The highest BCUT2D eigenvalue weighted by Crippen LogP contribution is 2.28. The van der Waals surface area contributed by atoms with Crippen LogP contribution in [0.15, 0.2) is 66.4 Å². The number of fused-ring (bicyclic) bond motifs is 1. The molecule has 1 saturated heterocycles. The van der Waals surface area contributed by atoms with Gasteiger partial charge in [-0.25, -0.2) is 0 Å². The Balaban J connectivity index is 1.40. The molecule has 0 bridgehead atoms. The second kappa shape index (κ2) is 8.93. The van der Waals surface area contributed by atoms with Crippen molar-refractivity contribution in [3.8, 4) is 6.07 Å². The van der Waals surface area contributed by atoms with Gasteiger partial charge in [0.05, 0.1) is 0 Å². The number of para-hydroxylation sites is 1. The van der Waals surface area contributed by atoms with Crippen LogP contribution in [0.25, 0.3) is 0 Å². The zero-order valence-electron chi connectivity index (χ0n) is 16.6. The van der Waals surface area contributed by atoms with Crippen molar-refractivity contribution in [3.63, 3.8) is 0 Å². The van der Waals surface area contributed by atoms with E-state index in [4.69, 9.17) is 0 Å². The molecule has 0 radical (unpaired) electrons. The molecule has 4 rings (SSSR count). The Morgan fingerprint density at radius 1 is 0.966 bits per heavy atom. The fourth-order valence-electron chi connectivity index (χ4n) is 4.10. The Labute approximate surface area is 172 Å². The smallest absolute Gasteiger partial charge is 0.270 e. The quantitative estimate of drug-likeness (QED) is 0.598. The van der Waals surface area contributed by atoms with Crippen LogP contribution >= 0.6 is 0 Å². The van der Waals surface area contributed by atoms with Gasteiger partial charge in [-0.2, -0.15) is 5.26 Å². The number of rotatable bonds is 4. The molecule has 5 nitrogen and oxygen atoms in total. The van der Waals surface area contributed by atoms with Crippen LogP contribution in [-0.2, 0) is 17.8 Å². The first-order valence-electron chi connectivity index (χ1n) is 10.3. The number of carbonyl (C=O) groups is 1. The van der Waals surface area contributed by atoms with E-state index in [0.717, 1.165) is 51.3 Å². The molecule has 2 heterocycles. The first-order valence-corrected chi connectivity index (χ1v) is 10.3. The number of anilines is 1. The summed E-state index contributed by atoms with van der Waals surface area (Å²) < 4.78 is 0. The molecule has 0 saturated carbocycles. The number of aryl methyl sites for hydroxylation is 1. The predicted octanol–water partition coefficient (Wildman–Crippen LogP) is 3.19. The lowest BCUT2D eigenvalue weighted by Crippen LogP contribution is -2.44. The van der Waals surface area contributed by atoms with Crippen molar-refractivity contribution in [1.29, 1.82) is 5.26 Å². The summed E-state index contributed by atoms with van der Waals surface area (Å²) in [5.74, 6) is -0.189. The molecule has 0 spiro atoms. The fraction of sp³-hybridized carbons (Fsp3) is 0.333. The van der Waals surface area contributed by atoms with Crippen molar-refractivity contribution >= 4 is 11.6 Å². The third kappa shape index (κ3) is 4.49. The van der Waals surface area contributed by atoms with Gasteiger partial charge in [0, 0.05) is 51.2 Å². The van der Waals surface area contributed by atoms with E-state index in [1.54, 1.807) is 11.1 Å². The van der Waals surface area contributed by atoms with Crippen LogP contribution in [0, 0.1) is 11.3 Å². The topological polar surface area (TPSA) is 50.6 Å². The molecule has 1 amide bonds. The highest BCUT2D eigenvalue weighted by Gasteiger charge is 2.26. The summed E-state index contributed by atoms with van der Waals surface area (Å²) in [4.78, 5) is 19.3. The van der Waals surface area contributed by atoms with Crippen LogP contribution in [0.1, 0.15) is 17.5 Å². The fourth-order valence-corrected chi connectivity index (χ4v) is 4.10. The average Bonchev–Trinajstić information content (AvgIpc) is 2.78. The van der Waals surface area contributed by atoms with E-state index >= 15 is 0 Å². The zero-order valence-corrected chi connectivity index (χ0v) is 16.6. The largest absolute Gasteiger partial charge is 0.374 e. The van der Waals surface area contributed by atoms with Gasteiger partial charge in [-0.15, -0.1) is 0 Å². The van der Waals surface area contributed by atoms with Gasteiger partial charge in [-0.3, -0.25) is 9.69 Å². The highest BCUT2D eigenvalue weighted by atomic mass is 16.2. The first-order chi connectivity index (χ1) is 14.2. The third-order valence-electron chi connectivity index (χ3n) is 5.67. The molecule has 2 aliphatic rings. The lowest BCUT2D eigenvalue weighted by molar-refractivity contribution is -0.114. The Hall–Kier alpha value is -3.10. The molecular weight excluding hydrogens is 360 g/mol. The van der Waals surface area contributed by atoms with Crippen molar-refractivity contribution < 1.29 is 4.79 Å². The second-order valence-electron chi connectivity index (χ2n) is 7.64. The molecule has 2 aliphatic heterocycles. The standard InChI is InChI=1S/C24H26N4O/c25-17-22(24(29)28-12-6-10-21-9-4-5-11-23(21)28)19-27-15-13-26(14-16-27)18-20-7-2-1-3-8-20/h1-5,7-9,11,19H,6,10,12-16,18H2/b22-19-. The number of hydrogen-bond acceptors (Lipinski definition) is 4. The van der Waals surface area contributed by atoms with E-state index in [1.165, 1.54) is 11.1 Å². The van der Waals surface area contributed by atoms with E-state index in [-0.39, 0.29) is 11.5 Å². The molecule has 0 aromatic heterocycles. The minimum atomic E-state index is -0.189. The molecule has 0 unspecified atom stereocenters. The molecule has 29 heavy (non-hydrogen) atoms. The number of nitrogens with zero attached hydrogens (tertiary/aromatic N) is 4. The normalized spacial score (nSPS) is 17.6. The molecule has 0 atom stereocenters. The minimum absolute atomic E-state index is 0.189. The van der Waals surface area contributed by atoms with Crippen LogP contribution < -0.4 is 4.90 Å². The zero-order chi connectivity index (χ0) is 20.1. The summed E-state index contributed by atoms with van der Waals surface area (Å²) in [7, 11) is 0. The van der Waals surface area contributed by atoms with Crippen molar-refractivity contribution in [2.75, 3.05) is 37.6 Å². The van der Waals surface area contributed by atoms with Gasteiger partial charge in [0.2, 0.25) is 0 Å². The molecule has 2 aromatic carbocycles. The number of hydrogen-bond donors (Lipinski definition) is 0. The third-order valence-corrected chi connectivity index (χ3v) is 5.67. The maximum Gasteiger partial charge on any atom is 0.270 e. The van der Waals surface area contributed by atoms with Gasteiger partial charge in [0.25, 0.3) is 5.91 Å². The average molecular weight is 386 g/mol. The van der Waals surface area contributed by atoms with Crippen LogP contribution in [0.2, 0.25) is 0 Å². The van der Waals surface area contributed by atoms with Crippen molar-refractivity contribution in [2.24, 2.45) is 0 Å². The molecular formula is C24H26N4O. The summed E-state index contributed by atoms with van der Waals surface area (Å²) in [6.45, 7) is 5.09. The van der Waals surface area contributed by atoms with Crippen LogP contribution in [-0.4, -0.2) is 48.4 Å². The SMILES string of the molecule is N#C/C(=C/N1CCN(Cc2ccccc2)CC1)C(=O)N1CCCc2ccccc21. The first kappa shape index (κ1) is 19.2. The van der Waals surface area contributed by atoms with Crippen LogP contribution in [0.5, 0.6) is 0 Å². The molecule has 0 N–H and O–H groups in total. The molecule has 1 fully saturated rings. The van der Waals surface area contributed by atoms with E-state index in [9.17, 15) is 10.1 Å².